The molecular formula is C11H13Br2NO2. The number of rotatable bonds is 4. The molecule has 0 saturated carbocycles. The molecule has 16 heavy (non-hydrogen) atoms. The molecule has 0 aliphatic rings. The molecule has 0 radical (unpaired) electrons. The Kier molecular flexibility index (Phi) is 5.41. The highest BCUT2D eigenvalue weighted by molar-refractivity contribution is 9.11. The maximum atomic E-state index is 11.6. The number of hydrogen-bond acceptors (Lipinski definition) is 3. The first kappa shape index (κ1) is 13.6. The van der Waals surface area contributed by atoms with E-state index in [9.17, 15) is 4.79 Å². The summed E-state index contributed by atoms with van der Waals surface area (Å²) in [5.41, 5.74) is 0.498. The fraction of sp³-hybridized carbons (Fsp3) is 0.455. The molecule has 0 amide bonds. The van der Waals surface area contributed by atoms with Gasteiger partial charge in [-0.2, -0.15) is 0 Å². The van der Waals surface area contributed by atoms with Gasteiger partial charge >= 0.3 is 5.97 Å². The van der Waals surface area contributed by atoms with Gasteiger partial charge in [-0.15, -0.1) is 0 Å². The smallest absolute Gasteiger partial charge is 0.338 e. The second-order valence-corrected chi connectivity index (χ2v) is 5.44. The number of ether oxygens (including phenoxy) is 1. The molecule has 0 bridgehead atoms. The molecule has 0 spiro atoms. The van der Waals surface area contributed by atoms with Crippen LogP contribution in [0, 0.1) is 5.92 Å². The number of pyridine rings is 1. The predicted molar refractivity (Wildman–Crippen MR) is 69.4 cm³/mol. The van der Waals surface area contributed by atoms with Crippen LogP contribution in [0.3, 0.4) is 0 Å². The number of carbonyl (C=O) groups excluding carboxylic acids is 1. The molecule has 0 aliphatic carbocycles. The summed E-state index contributed by atoms with van der Waals surface area (Å²) in [5.74, 6) is 0.216. The largest absolute Gasteiger partial charge is 0.462 e. The SMILES string of the molecule is CC(C)CCOC(=O)c1cc(Br)nc(Br)c1. The zero-order valence-electron chi connectivity index (χ0n) is 9.17. The summed E-state index contributed by atoms with van der Waals surface area (Å²) >= 11 is 6.45. The summed E-state index contributed by atoms with van der Waals surface area (Å²) < 4.78 is 6.36. The minimum atomic E-state index is -0.315. The molecule has 1 rings (SSSR count). The van der Waals surface area contributed by atoms with E-state index in [2.05, 4.69) is 50.7 Å². The van der Waals surface area contributed by atoms with Gasteiger partial charge in [-0.1, -0.05) is 13.8 Å². The Morgan fingerprint density at radius 1 is 1.38 bits per heavy atom. The minimum Gasteiger partial charge on any atom is -0.462 e. The molecule has 0 N–H and O–H groups in total. The van der Waals surface area contributed by atoms with E-state index < -0.39 is 0 Å². The van der Waals surface area contributed by atoms with Crippen molar-refractivity contribution in [3.8, 4) is 0 Å². The molecule has 1 aromatic heterocycles. The first-order valence-electron chi connectivity index (χ1n) is 4.99. The summed E-state index contributed by atoms with van der Waals surface area (Å²) in [6.45, 7) is 4.63. The summed E-state index contributed by atoms with van der Waals surface area (Å²) in [6, 6.07) is 3.28. The highest BCUT2D eigenvalue weighted by Crippen LogP contribution is 2.16. The maximum Gasteiger partial charge on any atom is 0.338 e. The Hall–Kier alpha value is -0.420. The first-order valence-corrected chi connectivity index (χ1v) is 6.58. The standard InChI is InChI=1S/C11H13Br2NO2/c1-7(2)3-4-16-11(15)8-5-9(12)14-10(13)6-8/h5-7H,3-4H2,1-2H3. The Labute approximate surface area is 112 Å². The molecular weight excluding hydrogens is 338 g/mol. The van der Waals surface area contributed by atoms with Crippen LogP contribution in [-0.2, 0) is 4.74 Å². The molecule has 0 aromatic carbocycles. The third-order valence-electron chi connectivity index (χ3n) is 1.93. The normalized spacial score (nSPS) is 10.6. The second kappa shape index (κ2) is 6.35. The Morgan fingerprint density at radius 2 is 1.94 bits per heavy atom. The molecule has 88 valence electrons. The van der Waals surface area contributed by atoms with Crippen molar-refractivity contribution in [1.82, 2.24) is 4.98 Å². The number of halogens is 2. The minimum absolute atomic E-state index is 0.315. The van der Waals surface area contributed by atoms with Gasteiger partial charge in [0, 0.05) is 0 Å². The number of carbonyl (C=O) groups is 1. The summed E-state index contributed by atoms with van der Waals surface area (Å²) in [7, 11) is 0. The van der Waals surface area contributed by atoms with E-state index in [-0.39, 0.29) is 5.97 Å². The molecule has 3 nitrogen and oxygen atoms in total. The highest BCUT2D eigenvalue weighted by Gasteiger charge is 2.09. The third-order valence-corrected chi connectivity index (χ3v) is 2.74. The van der Waals surface area contributed by atoms with Gasteiger partial charge in [0.05, 0.1) is 12.2 Å². The van der Waals surface area contributed by atoms with E-state index in [1.165, 1.54) is 0 Å². The Bertz CT molecular complexity index is 360. The van der Waals surface area contributed by atoms with Crippen molar-refractivity contribution in [2.24, 2.45) is 5.92 Å². The summed E-state index contributed by atoms with van der Waals surface area (Å²) in [4.78, 5) is 15.7. The van der Waals surface area contributed by atoms with E-state index in [1.54, 1.807) is 12.1 Å². The summed E-state index contributed by atoms with van der Waals surface area (Å²) in [5, 5.41) is 0. The van der Waals surface area contributed by atoms with Crippen molar-refractivity contribution in [3.05, 3.63) is 26.9 Å². The van der Waals surface area contributed by atoms with Crippen molar-refractivity contribution in [2.45, 2.75) is 20.3 Å². The van der Waals surface area contributed by atoms with Crippen LogP contribution in [0.5, 0.6) is 0 Å². The number of esters is 1. The predicted octanol–water partition coefficient (Wildman–Crippen LogP) is 3.81. The molecule has 1 heterocycles. The molecule has 0 saturated heterocycles. The lowest BCUT2D eigenvalue weighted by Crippen LogP contribution is -2.08. The zero-order chi connectivity index (χ0) is 12.1. The van der Waals surface area contributed by atoms with E-state index in [1.807, 2.05) is 0 Å². The second-order valence-electron chi connectivity index (χ2n) is 3.82. The lowest BCUT2D eigenvalue weighted by atomic mass is 10.1. The van der Waals surface area contributed by atoms with Crippen LogP contribution in [0.4, 0.5) is 0 Å². The first-order chi connectivity index (χ1) is 7.49. The van der Waals surface area contributed by atoms with Gasteiger partial charge in [0.2, 0.25) is 0 Å². The van der Waals surface area contributed by atoms with Crippen molar-refractivity contribution < 1.29 is 9.53 Å². The van der Waals surface area contributed by atoms with Gasteiger partial charge in [0.15, 0.2) is 0 Å². The van der Waals surface area contributed by atoms with Crippen LogP contribution in [0.15, 0.2) is 21.3 Å². The van der Waals surface area contributed by atoms with Gasteiger partial charge in [0.25, 0.3) is 0 Å². The molecule has 1 aromatic rings. The van der Waals surface area contributed by atoms with Crippen LogP contribution < -0.4 is 0 Å². The third kappa shape index (κ3) is 4.61. The fourth-order valence-corrected chi connectivity index (χ4v) is 2.17. The molecule has 0 fully saturated rings. The number of hydrogen-bond donors (Lipinski definition) is 0. The van der Waals surface area contributed by atoms with Gasteiger partial charge in [-0.05, 0) is 56.3 Å². The summed E-state index contributed by atoms with van der Waals surface area (Å²) in [6.07, 6.45) is 0.874. The van der Waals surface area contributed by atoms with Crippen LogP contribution in [0.1, 0.15) is 30.6 Å². The molecule has 5 heteroatoms. The van der Waals surface area contributed by atoms with E-state index >= 15 is 0 Å². The van der Waals surface area contributed by atoms with Crippen molar-refractivity contribution in [1.29, 1.82) is 0 Å². The molecule has 0 atom stereocenters. The Balaban J connectivity index is 2.59. The van der Waals surface area contributed by atoms with Gasteiger partial charge < -0.3 is 4.74 Å². The average molecular weight is 351 g/mol. The Morgan fingerprint density at radius 3 is 2.44 bits per heavy atom. The van der Waals surface area contributed by atoms with Crippen molar-refractivity contribution in [3.63, 3.8) is 0 Å². The van der Waals surface area contributed by atoms with Crippen LogP contribution in [0.2, 0.25) is 0 Å². The lowest BCUT2D eigenvalue weighted by molar-refractivity contribution is 0.0487. The van der Waals surface area contributed by atoms with Gasteiger partial charge in [-0.25, -0.2) is 9.78 Å². The number of nitrogens with zero attached hydrogens (tertiary/aromatic N) is 1. The van der Waals surface area contributed by atoms with E-state index in [0.29, 0.717) is 27.3 Å². The molecule has 0 aliphatic heterocycles. The maximum absolute atomic E-state index is 11.6. The van der Waals surface area contributed by atoms with Crippen molar-refractivity contribution in [2.75, 3.05) is 6.61 Å². The van der Waals surface area contributed by atoms with Crippen LogP contribution in [-0.4, -0.2) is 17.6 Å². The van der Waals surface area contributed by atoms with E-state index in [0.717, 1.165) is 6.42 Å². The van der Waals surface area contributed by atoms with Gasteiger partial charge in [-0.3, -0.25) is 0 Å². The van der Waals surface area contributed by atoms with Crippen LogP contribution >= 0.6 is 31.9 Å². The zero-order valence-corrected chi connectivity index (χ0v) is 12.3. The fourth-order valence-electron chi connectivity index (χ4n) is 1.05. The lowest BCUT2D eigenvalue weighted by Gasteiger charge is -2.07. The van der Waals surface area contributed by atoms with E-state index in [4.69, 9.17) is 4.74 Å². The number of aromatic nitrogens is 1. The van der Waals surface area contributed by atoms with Gasteiger partial charge in [0.1, 0.15) is 9.21 Å². The van der Waals surface area contributed by atoms with Crippen LogP contribution in [0.25, 0.3) is 0 Å². The highest BCUT2D eigenvalue weighted by atomic mass is 79.9. The molecule has 0 unspecified atom stereocenters. The monoisotopic (exact) mass is 349 g/mol. The quantitative estimate of drug-likeness (QED) is 0.612. The topological polar surface area (TPSA) is 39.2 Å². The van der Waals surface area contributed by atoms with Crippen molar-refractivity contribution >= 4 is 37.8 Å². The average Bonchev–Trinajstić information content (AvgIpc) is 2.15.